The van der Waals surface area contributed by atoms with Crippen LogP contribution in [0.5, 0.6) is 11.5 Å². The molecule has 132 valence electrons. The molecule has 0 bridgehead atoms. The van der Waals surface area contributed by atoms with Crippen LogP contribution in [-0.2, 0) is 4.79 Å². The fraction of sp³-hybridized carbons (Fsp3) is 0.333. The molecule has 1 aromatic heterocycles. The van der Waals surface area contributed by atoms with Crippen molar-refractivity contribution in [3.8, 4) is 21.9 Å². The van der Waals surface area contributed by atoms with Gasteiger partial charge in [0, 0.05) is 11.9 Å². The zero-order valence-corrected chi connectivity index (χ0v) is 15.1. The summed E-state index contributed by atoms with van der Waals surface area (Å²) in [6.45, 7) is 4.06. The highest BCUT2D eigenvalue weighted by molar-refractivity contribution is 7.17. The van der Waals surface area contributed by atoms with Crippen molar-refractivity contribution < 1.29 is 24.2 Å². The van der Waals surface area contributed by atoms with Crippen LogP contribution in [-0.4, -0.2) is 47.7 Å². The van der Waals surface area contributed by atoms with Crippen molar-refractivity contribution in [1.29, 1.82) is 0 Å². The number of carbonyl (C=O) groups excluding carboxylic acids is 1. The van der Waals surface area contributed by atoms with Crippen molar-refractivity contribution in [3.05, 3.63) is 35.2 Å². The number of carboxylic acids is 1. The van der Waals surface area contributed by atoms with E-state index < -0.39 is 11.5 Å². The maximum absolute atomic E-state index is 12.6. The molecule has 0 saturated carbocycles. The number of hydrogen-bond donors (Lipinski definition) is 1. The Morgan fingerprint density at radius 2 is 1.80 bits per heavy atom. The van der Waals surface area contributed by atoms with Crippen molar-refractivity contribution in [1.82, 2.24) is 4.90 Å². The second kappa shape index (κ2) is 6.40. The van der Waals surface area contributed by atoms with E-state index in [9.17, 15) is 14.7 Å². The van der Waals surface area contributed by atoms with Crippen LogP contribution in [0.25, 0.3) is 10.4 Å². The molecule has 0 saturated heterocycles. The first-order valence-corrected chi connectivity index (χ1v) is 8.64. The minimum absolute atomic E-state index is 0.318. The highest BCUT2D eigenvalue weighted by atomic mass is 32.1. The first-order chi connectivity index (χ1) is 11.8. The topological polar surface area (TPSA) is 76.1 Å². The zero-order valence-electron chi connectivity index (χ0n) is 14.2. The van der Waals surface area contributed by atoms with Crippen LogP contribution in [0.1, 0.15) is 23.5 Å². The van der Waals surface area contributed by atoms with Crippen molar-refractivity contribution in [2.24, 2.45) is 0 Å². The number of thiophene rings is 1. The van der Waals surface area contributed by atoms with E-state index in [1.807, 2.05) is 24.3 Å². The molecule has 1 aliphatic rings. The van der Waals surface area contributed by atoms with Gasteiger partial charge in [-0.2, -0.15) is 0 Å². The predicted octanol–water partition coefficient (Wildman–Crippen LogP) is 3.12. The van der Waals surface area contributed by atoms with Gasteiger partial charge in [0.2, 0.25) is 0 Å². The highest BCUT2D eigenvalue weighted by Gasteiger charge is 2.36. The fourth-order valence-corrected chi connectivity index (χ4v) is 3.35. The number of nitrogens with zero attached hydrogens (tertiary/aromatic N) is 1. The molecule has 2 heterocycles. The first kappa shape index (κ1) is 17.3. The number of aliphatic carboxylic acids is 1. The Labute approximate surface area is 149 Å². The van der Waals surface area contributed by atoms with E-state index >= 15 is 0 Å². The molecule has 1 amide bonds. The Morgan fingerprint density at radius 3 is 2.48 bits per heavy atom. The largest absolute Gasteiger partial charge is 0.486 e. The van der Waals surface area contributed by atoms with Crippen LogP contribution in [0.4, 0.5) is 0 Å². The molecule has 0 fully saturated rings. The standard InChI is InChI=1S/C18H19NO5S/c1-18(2,17(21)22)19(3)16(20)15-7-6-14(25-15)11-4-5-12-13(10-11)24-9-8-23-12/h4-7,10H,8-9H2,1-3H3,(H,21,22). The summed E-state index contributed by atoms with van der Waals surface area (Å²) in [4.78, 5) is 26.6. The minimum atomic E-state index is -1.28. The Morgan fingerprint density at radius 1 is 1.12 bits per heavy atom. The summed E-state index contributed by atoms with van der Waals surface area (Å²) in [5.41, 5.74) is -0.355. The molecule has 0 atom stereocenters. The normalized spacial score (nSPS) is 13.4. The number of amides is 1. The average Bonchev–Trinajstić information content (AvgIpc) is 3.10. The van der Waals surface area contributed by atoms with Crippen LogP contribution in [0, 0.1) is 0 Å². The van der Waals surface area contributed by atoms with Gasteiger partial charge in [-0.25, -0.2) is 4.79 Å². The lowest BCUT2D eigenvalue weighted by Crippen LogP contribution is -2.50. The molecule has 1 N–H and O–H groups in total. The number of carboxylic acid groups (broad SMARTS) is 1. The summed E-state index contributed by atoms with van der Waals surface area (Å²) < 4.78 is 11.1. The fourth-order valence-electron chi connectivity index (χ4n) is 2.37. The summed E-state index contributed by atoms with van der Waals surface area (Å²) in [6, 6.07) is 9.22. The number of rotatable bonds is 4. The quantitative estimate of drug-likeness (QED) is 0.905. The molecular weight excluding hydrogens is 342 g/mol. The third kappa shape index (κ3) is 3.19. The van der Waals surface area contributed by atoms with Gasteiger partial charge in [0.05, 0.1) is 4.88 Å². The predicted molar refractivity (Wildman–Crippen MR) is 94.6 cm³/mol. The lowest BCUT2D eigenvalue weighted by molar-refractivity contribution is -0.147. The Bertz CT molecular complexity index is 827. The van der Waals surface area contributed by atoms with Gasteiger partial charge in [0.15, 0.2) is 11.5 Å². The molecule has 0 aliphatic carbocycles. The van der Waals surface area contributed by atoms with Gasteiger partial charge in [-0.15, -0.1) is 11.3 Å². The lowest BCUT2D eigenvalue weighted by atomic mass is 10.0. The number of likely N-dealkylation sites (N-methyl/N-ethyl adjacent to an activating group) is 1. The smallest absolute Gasteiger partial charge is 0.329 e. The first-order valence-electron chi connectivity index (χ1n) is 7.82. The molecule has 7 heteroatoms. The molecular formula is C18H19NO5S. The molecule has 0 radical (unpaired) electrons. The number of fused-ring (bicyclic) bond motifs is 1. The van der Waals surface area contributed by atoms with E-state index in [1.165, 1.54) is 37.1 Å². The Hall–Kier alpha value is -2.54. The highest BCUT2D eigenvalue weighted by Crippen LogP contribution is 2.37. The van der Waals surface area contributed by atoms with Crippen molar-refractivity contribution in [3.63, 3.8) is 0 Å². The van der Waals surface area contributed by atoms with Gasteiger partial charge >= 0.3 is 5.97 Å². The van der Waals surface area contributed by atoms with E-state index in [1.54, 1.807) is 6.07 Å². The number of ether oxygens (including phenoxy) is 2. The van der Waals surface area contributed by atoms with Crippen LogP contribution in [0.3, 0.4) is 0 Å². The van der Waals surface area contributed by atoms with Crippen LogP contribution < -0.4 is 9.47 Å². The van der Waals surface area contributed by atoms with Gasteiger partial charge in [0.25, 0.3) is 5.91 Å². The summed E-state index contributed by atoms with van der Waals surface area (Å²) >= 11 is 1.32. The maximum Gasteiger partial charge on any atom is 0.329 e. The summed E-state index contributed by atoms with van der Waals surface area (Å²) in [7, 11) is 1.50. The van der Waals surface area contributed by atoms with E-state index in [-0.39, 0.29) is 5.91 Å². The number of benzene rings is 1. The van der Waals surface area contributed by atoms with Crippen LogP contribution >= 0.6 is 11.3 Å². The van der Waals surface area contributed by atoms with E-state index in [2.05, 4.69) is 0 Å². The molecule has 0 spiro atoms. The molecule has 25 heavy (non-hydrogen) atoms. The van der Waals surface area contributed by atoms with Crippen molar-refractivity contribution >= 4 is 23.2 Å². The SMILES string of the molecule is CN(C(=O)c1ccc(-c2ccc3c(c2)OCCO3)s1)C(C)(C)C(=O)O. The van der Waals surface area contributed by atoms with Gasteiger partial charge in [-0.05, 0) is 49.7 Å². The third-order valence-electron chi connectivity index (χ3n) is 4.31. The summed E-state index contributed by atoms with van der Waals surface area (Å²) in [5.74, 6) is 0.0353. The second-order valence-corrected chi connectivity index (χ2v) is 7.33. The molecule has 3 rings (SSSR count). The third-order valence-corrected chi connectivity index (χ3v) is 5.43. The van der Waals surface area contributed by atoms with Gasteiger partial charge in [-0.3, -0.25) is 4.79 Å². The van der Waals surface area contributed by atoms with Crippen molar-refractivity contribution in [2.75, 3.05) is 20.3 Å². The second-order valence-electron chi connectivity index (χ2n) is 6.25. The molecule has 1 aliphatic heterocycles. The average molecular weight is 361 g/mol. The van der Waals surface area contributed by atoms with Crippen molar-refractivity contribution in [2.45, 2.75) is 19.4 Å². The van der Waals surface area contributed by atoms with E-state index in [4.69, 9.17) is 9.47 Å². The van der Waals surface area contributed by atoms with Gasteiger partial charge in [0.1, 0.15) is 18.8 Å². The van der Waals surface area contributed by atoms with Gasteiger partial charge in [-0.1, -0.05) is 0 Å². The molecule has 6 nitrogen and oxygen atoms in total. The number of hydrogen-bond acceptors (Lipinski definition) is 5. The summed E-state index contributed by atoms with van der Waals surface area (Å²) in [6.07, 6.45) is 0. The summed E-state index contributed by atoms with van der Waals surface area (Å²) in [5, 5.41) is 9.29. The minimum Gasteiger partial charge on any atom is -0.486 e. The number of carbonyl (C=O) groups is 2. The molecule has 1 aromatic carbocycles. The van der Waals surface area contributed by atoms with Crippen LogP contribution in [0.2, 0.25) is 0 Å². The molecule has 2 aromatic rings. The van der Waals surface area contributed by atoms with Crippen LogP contribution in [0.15, 0.2) is 30.3 Å². The lowest BCUT2D eigenvalue weighted by Gasteiger charge is -2.31. The maximum atomic E-state index is 12.6. The Balaban J connectivity index is 1.85. The van der Waals surface area contributed by atoms with E-state index in [0.29, 0.717) is 29.6 Å². The van der Waals surface area contributed by atoms with E-state index in [0.717, 1.165) is 10.4 Å². The molecule has 0 unspecified atom stereocenters. The monoisotopic (exact) mass is 361 g/mol. The Kier molecular flexibility index (Phi) is 4.43. The zero-order chi connectivity index (χ0) is 18.2. The van der Waals surface area contributed by atoms with Gasteiger partial charge < -0.3 is 19.5 Å².